The quantitative estimate of drug-likeness (QED) is 0.625. The van der Waals surface area contributed by atoms with Crippen LogP contribution in [0.4, 0.5) is 5.69 Å². The van der Waals surface area contributed by atoms with Crippen LogP contribution in [0.15, 0.2) is 41.5 Å². The topological polar surface area (TPSA) is 62.7 Å². The van der Waals surface area contributed by atoms with Gasteiger partial charge in [0, 0.05) is 5.56 Å². The molecular formula is C20H25N3O2. The summed E-state index contributed by atoms with van der Waals surface area (Å²) in [7, 11) is 1.60. The molecule has 0 unspecified atom stereocenters. The van der Waals surface area contributed by atoms with Crippen LogP contribution < -0.4 is 15.5 Å². The predicted octanol–water partition coefficient (Wildman–Crippen LogP) is 3.57. The lowest BCUT2D eigenvalue weighted by Gasteiger charge is -2.12. The number of benzene rings is 2. The number of nitrogens with zero attached hydrogens (tertiary/aromatic N) is 1. The lowest BCUT2D eigenvalue weighted by molar-refractivity contribution is -0.119. The number of hydrazone groups is 1. The van der Waals surface area contributed by atoms with Gasteiger partial charge < -0.3 is 10.1 Å². The van der Waals surface area contributed by atoms with Crippen LogP contribution in [0, 0.1) is 20.8 Å². The first kappa shape index (κ1) is 18.5. The van der Waals surface area contributed by atoms with Crippen molar-refractivity contribution in [3.05, 3.63) is 58.7 Å². The van der Waals surface area contributed by atoms with Crippen LogP contribution in [-0.4, -0.2) is 25.3 Å². The van der Waals surface area contributed by atoms with Crippen LogP contribution in [-0.2, 0) is 4.79 Å². The van der Waals surface area contributed by atoms with Gasteiger partial charge in [0.2, 0.25) is 0 Å². The molecule has 0 aliphatic heterocycles. The van der Waals surface area contributed by atoms with Crippen molar-refractivity contribution >= 4 is 17.3 Å². The third-order valence-corrected chi connectivity index (χ3v) is 3.93. The number of ether oxygens (including phenoxy) is 1. The maximum absolute atomic E-state index is 12.1. The van der Waals surface area contributed by atoms with E-state index in [-0.39, 0.29) is 12.5 Å². The molecule has 0 heterocycles. The van der Waals surface area contributed by atoms with E-state index in [4.69, 9.17) is 4.74 Å². The van der Waals surface area contributed by atoms with E-state index < -0.39 is 0 Å². The Morgan fingerprint density at radius 3 is 2.40 bits per heavy atom. The highest BCUT2D eigenvalue weighted by molar-refractivity contribution is 6.01. The minimum atomic E-state index is -0.215. The Morgan fingerprint density at radius 1 is 1.12 bits per heavy atom. The molecule has 0 saturated carbocycles. The molecule has 2 rings (SSSR count). The van der Waals surface area contributed by atoms with Crippen LogP contribution in [0.5, 0.6) is 5.75 Å². The van der Waals surface area contributed by atoms with Crippen molar-refractivity contribution in [2.24, 2.45) is 5.10 Å². The molecule has 2 aromatic rings. The van der Waals surface area contributed by atoms with Gasteiger partial charge in [0.1, 0.15) is 5.75 Å². The standard InChI is InChI=1S/C20H25N3O2/c1-13-10-14(2)20(15(3)11-13)16(4)22-23-19(24)12-21-17-8-6-7-9-18(17)25-5/h6-11,21H,12H2,1-5H3,(H,23,24)/b22-16-. The number of carbonyl (C=O) groups excluding carboxylic acids is 1. The summed E-state index contributed by atoms with van der Waals surface area (Å²) in [6, 6.07) is 11.7. The summed E-state index contributed by atoms with van der Waals surface area (Å²) in [5, 5.41) is 7.30. The number of rotatable bonds is 6. The Bertz CT molecular complexity index is 774. The lowest BCUT2D eigenvalue weighted by atomic mass is 9.97. The van der Waals surface area contributed by atoms with Gasteiger partial charge in [-0.3, -0.25) is 4.79 Å². The zero-order valence-corrected chi connectivity index (χ0v) is 15.4. The van der Waals surface area contributed by atoms with E-state index >= 15 is 0 Å². The lowest BCUT2D eigenvalue weighted by Crippen LogP contribution is -2.27. The molecule has 25 heavy (non-hydrogen) atoms. The molecule has 5 heteroatoms. The molecular weight excluding hydrogens is 314 g/mol. The second-order valence-electron chi connectivity index (χ2n) is 6.06. The van der Waals surface area contributed by atoms with Crippen LogP contribution >= 0.6 is 0 Å². The molecule has 0 bridgehead atoms. The maximum Gasteiger partial charge on any atom is 0.259 e. The summed E-state index contributed by atoms with van der Waals surface area (Å²) in [5.74, 6) is 0.480. The van der Waals surface area contributed by atoms with Gasteiger partial charge in [0.05, 0.1) is 25.1 Å². The Hall–Kier alpha value is -2.82. The highest BCUT2D eigenvalue weighted by atomic mass is 16.5. The minimum absolute atomic E-state index is 0.114. The maximum atomic E-state index is 12.1. The van der Waals surface area contributed by atoms with Crippen molar-refractivity contribution in [2.75, 3.05) is 19.0 Å². The van der Waals surface area contributed by atoms with Crippen molar-refractivity contribution in [2.45, 2.75) is 27.7 Å². The fourth-order valence-corrected chi connectivity index (χ4v) is 2.96. The van der Waals surface area contributed by atoms with Crippen LogP contribution in [0.2, 0.25) is 0 Å². The van der Waals surface area contributed by atoms with Gasteiger partial charge in [0.15, 0.2) is 0 Å². The van der Waals surface area contributed by atoms with Crippen molar-refractivity contribution < 1.29 is 9.53 Å². The molecule has 0 fully saturated rings. The SMILES string of the molecule is COc1ccccc1NCC(=O)N/N=C(/C)c1c(C)cc(C)cc1C. The molecule has 1 amide bonds. The van der Waals surface area contributed by atoms with E-state index in [1.807, 2.05) is 31.2 Å². The Kier molecular flexibility index (Phi) is 6.17. The summed E-state index contributed by atoms with van der Waals surface area (Å²) in [6.07, 6.45) is 0. The van der Waals surface area contributed by atoms with Gasteiger partial charge in [-0.2, -0.15) is 5.10 Å². The number of hydrogen-bond donors (Lipinski definition) is 2. The largest absolute Gasteiger partial charge is 0.495 e. The number of aryl methyl sites for hydroxylation is 3. The third-order valence-electron chi connectivity index (χ3n) is 3.93. The number of methoxy groups -OCH3 is 1. The first-order valence-corrected chi connectivity index (χ1v) is 8.20. The first-order chi connectivity index (χ1) is 11.9. The number of para-hydroxylation sites is 2. The van der Waals surface area contributed by atoms with Crippen LogP contribution in [0.3, 0.4) is 0 Å². The second kappa shape index (κ2) is 8.33. The molecule has 2 N–H and O–H groups in total. The number of amides is 1. The van der Waals surface area contributed by atoms with Crippen molar-refractivity contribution in [1.82, 2.24) is 5.43 Å². The van der Waals surface area contributed by atoms with Gasteiger partial charge in [0.25, 0.3) is 5.91 Å². The van der Waals surface area contributed by atoms with Gasteiger partial charge >= 0.3 is 0 Å². The molecule has 0 aromatic heterocycles. The van der Waals surface area contributed by atoms with Crippen molar-refractivity contribution in [3.8, 4) is 5.75 Å². The number of carbonyl (C=O) groups is 1. The Morgan fingerprint density at radius 2 is 1.76 bits per heavy atom. The van der Waals surface area contributed by atoms with E-state index in [1.54, 1.807) is 7.11 Å². The highest BCUT2D eigenvalue weighted by Crippen LogP contribution is 2.22. The number of nitrogens with one attached hydrogen (secondary N) is 2. The monoisotopic (exact) mass is 339 g/mol. The molecule has 0 spiro atoms. The van der Waals surface area contributed by atoms with Crippen LogP contribution in [0.1, 0.15) is 29.2 Å². The normalized spacial score (nSPS) is 11.2. The summed E-state index contributed by atoms with van der Waals surface area (Å²) >= 11 is 0. The van der Waals surface area contributed by atoms with Gasteiger partial charge in [-0.15, -0.1) is 0 Å². The predicted molar refractivity (Wildman–Crippen MR) is 102 cm³/mol. The fourth-order valence-electron chi connectivity index (χ4n) is 2.96. The molecule has 0 aliphatic carbocycles. The second-order valence-corrected chi connectivity index (χ2v) is 6.06. The van der Waals surface area contributed by atoms with E-state index in [2.05, 4.69) is 48.7 Å². The van der Waals surface area contributed by atoms with Gasteiger partial charge in [-0.05, 0) is 51.0 Å². The van der Waals surface area contributed by atoms with E-state index in [9.17, 15) is 4.79 Å². The summed E-state index contributed by atoms with van der Waals surface area (Å²) in [4.78, 5) is 12.1. The number of anilines is 1. The molecule has 0 atom stereocenters. The highest BCUT2D eigenvalue weighted by Gasteiger charge is 2.08. The average Bonchev–Trinajstić information content (AvgIpc) is 2.57. The zero-order valence-electron chi connectivity index (χ0n) is 15.4. The summed E-state index contributed by atoms with van der Waals surface area (Å²) in [6.45, 7) is 8.20. The van der Waals surface area contributed by atoms with E-state index in [1.165, 1.54) is 5.56 Å². The van der Waals surface area contributed by atoms with Gasteiger partial charge in [-0.1, -0.05) is 29.8 Å². The molecule has 5 nitrogen and oxygen atoms in total. The number of hydrogen-bond acceptors (Lipinski definition) is 4. The Labute approximate surface area is 149 Å². The summed E-state index contributed by atoms with van der Waals surface area (Å²) < 4.78 is 5.25. The third kappa shape index (κ3) is 4.83. The zero-order chi connectivity index (χ0) is 18.4. The summed E-state index contributed by atoms with van der Waals surface area (Å²) in [5.41, 5.74) is 8.76. The molecule has 2 aromatic carbocycles. The van der Waals surface area contributed by atoms with Crippen LogP contribution in [0.25, 0.3) is 0 Å². The molecule has 0 saturated heterocycles. The van der Waals surface area contributed by atoms with Gasteiger partial charge in [-0.25, -0.2) is 5.43 Å². The van der Waals surface area contributed by atoms with Crippen molar-refractivity contribution in [3.63, 3.8) is 0 Å². The fraction of sp³-hybridized carbons (Fsp3) is 0.300. The molecule has 132 valence electrons. The molecule has 0 radical (unpaired) electrons. The average molecular weight is 339 g/mol. The van der Waals surface area contributed by atoms with E-state index in [0.717, 1.165) is 28.1 Å². The van der Waals surface area contributed by atoms with Crippen molar-refractivity contribution in [1.29, 1.82) is 0 Å². The van der Waals surface area contributed by atoms with E-state index in [0.29, 0.717) is 5.75 Å². The first-order valence-electron chi connectivity index (χ1n) is 8.20. The Balaban J connectivity index is 2.00. The smallest absolute Gasteiger partial charge is 0.259 e. The minimum Gasteiger partial charge on any atom is -0.495 e. The molecule has 0 aliphatic rings.